The normalized spacial score (nSPS) is 18.5. The van der Waals surface area contributed by atoms with E-state index >= 15 is 0 Å². The van der Waals surface area contributed by atoms with Gasteiger partial charge in [0.05, 0.1) is 55.2 Å². The number of hydrogen-bond donors (Lipinski definition) is 3. The van der Waals surface area contributed by atoms with Crippen molar-refractivity contribution in [2.24, 2.45) is 5.73 Å². The van der Waals surface area contributed by atoms with E-state index in [9.17, 15) is 18.8 Å². The molecule has 14 nitrogen and oxygen atoms in total. The lowest BCUT2D eigenvalue weighted by atomic mass is 10.0. The highest BCUT2D eigenvalue weighted by molar-refractivity contribution is 6.05. The van der Waals surface area contributed by atoms with Gasteiger partial charge < -0.3 is 30.6 Å². The Morgan fingerprint density at radius 1 is 1.07 bits per heavy atom. The number of H-pyrrole nitrogens is 1. The molecule has 2 saturated heterocycles. The van der Waals surface area contributed by atoms with Crippen molar-refractivity contribution in [1.29, 1.82) is 0 Å². The van der Waals surface area contributed by atoms with Crippen LogP contribution in [0.4, 0.5) is 15.8 Å². The molecule has 5 aromatic rings. The predicted molar refractivity (Wildman–Crippen MR) is 162 cm³/mol. The number of likely N-dealkylation sites (tertiary alicyclic amines) is 1. The Bertz CT molecular complexity index is 1920. The summed E-state index contributed by atoms with van der Waals surface area (Å²) in [4.78, 5) is 50.2. The summed E-state index contributed by atoms with van der Waals surface area (Å²) in [6, 6.07) is 7.80. The first-order valence-electron chi connectivity index (χ1n) is 14.5. The number of halogens is 1. The van der Waals surface area contributed by atoms with E-state index in [1.54, 1.807) is 36.7 Å². The van der Waals surface area contributed by atoms with E-state index in [4.69, 9.17) is 10.5 Å². The lowest BCUT2D eigenvalue weighted by molar-refractivity contribution is -0.137. The van der Waals surface area contributed by atoms with Gasteiger partial charge in [-0.25, -0.2) is 9.37 Å². The molecule has 7 rings (SSSR count). The smallest absolute Gasteiger partial charge is 0.269 e. The first-order chi connectivity index (χ1) is 21.9. The van der Waals surface area contributed by atoms with Gasteiger partial charge in [0.1, 0.15) is 24.4 Å². The third-order valence-electron chi connectivity index (χ3n) is 8.19. The second-order valence-electron chi connectivity index (χ2n) is 11.0. The van der Waals surface area contributed by atoms with Crippen LogP contribution in [0.1, 0.15) is 16.9 Å². The molecule has 0 aliphatic carbocycles. The largest absolute Gasteiger partial charge is 0.378 e. The maximum Gasteiger partial charge on any atom is 0.269 e. The Kier molecular flexibility index (Phi) is 7.29. The average molecular weight is 613 g/mol. The standard InChI is InChI=1S/C30H29FN10O4/c31-19-10-24(30(44)37-20-11-22-25(14-34-29(22)33-13-20)39-5-7-45-8-6-39)40(15-19)26(42)16-41-23-2-1-17(18-3-4-35-36-12-18)9-21(23)27(38-41)28(32)43/h1-4,9,11-14,19,24H,5-8,10,15-16H2,(H2,32,43)(H,33,34)(H,37,44). The summed E-state index contributed by atoms with van der Waals surface area (Å²) in [5, 5.41) is 16.1. The monoisotopic (exact) mass is 612 g/mol. The topological polar surface area (TPSA) is 177 Å². The van der Waals surface area contributed by atoms with E-state index in [2.05, 4.69) is 35.5 Å². The summed E-state index contributed by atoms with van der Waals surface area (Å²) >= 11 is 0. The fraction of sp³-hybridized carbons (Fsp3) is 0.300. The summed E-state index contributed by atoms with van der Waals surface area (Å²) in [5.74, 6) is -1.80. The van der Waals surface area contributed by atoms with Gasteiger partial charge in [-0.2, -0.15) is 15.3 Å². The number of pyridine rings is 1. The molecule has 4 aromatic heterocycles. The van der Waals surface area contributed by atoms with Crippen molar-refractivity contribution < 1.29 is 23.5 Å². The number of nitrogens with two attached hydrogens (primary N) is 1. The van der Waals surface area contributed by atoms with Crippen molar-refractivity contribution in [3.8, 4) is 11.1 Å². The number of aromatic nitrogens is 6. The fourth-order valence-electron chi connectivity index (χ4n) is 6.00. The molecule has 3 amide bonds. The molecule has 6 heterocycles. The number of ether oxygens (including phenoxy) is 1. The molecule has 15 heteroatoms. The van der Waals surface area contributed by atoms with E-state index in [1.807, 2.05) is 12.3 Å². The second kappa shape index (κ2) is 11.6. The third kappa shape index (κ3) is 5.42. The van der Waals surface area contributed by atoms with Gasteiger partial charge in [-0.15, -0.1) is 0 Å². The number of benzene rings is 1. The Morgan fingerprint density at radius 3 is 2.69 bits per heavy atom. The number of aromatic amines is 1. The van der Waals surface area contributed by atoms with Crippen molar-refractivity contribution in [1.82, 2.24) is 34.8 Å². The van der Waals surface area contributed by atoms with Crippen molar-refractivity contribution in [2.45, 2.75) is 25.2 Å². The number of primary amides is 1. The molecular weight excluding hydrogens is 583 g/mol. The van der Waals surface area contributed by atoms with Gasteiger partial charge in [-0.3, -0.25) is 19.1 Å². The molecule has 0 saturated carbocycles. The Balaban J connectivity index is 1.11. The number of nitrogens with zero attached hydrogens (tertiary/aromatic N) is 7. The van der Waals surface area contributed by atoms with Crippen molar-refractivity contribution in [2.75, 3.05) is 43.1 Å². The first-order valence-corrected chi connectivity index (χ1v) is 14.5. The number of anilines is 2. The van der Waals surface area contributed by atoms with Crippen LogP contribution in [0.15, 0.2) is 55.1 Å². The molecule has 0 spiro atoms. The van der Waals surface area contributed by atoms with E-state index in [0.29, 0.717) is 35.5 Å². The minimum Gasteiger partial charge on any atom is -0.378 e. The Labute approximate surface area is 255 Å². The highest BCUT2D eigenvalue weighted by Crippen LogP contribution is 2.30. The molecule has 0 radical (unpaired) electrons. The zero-order valence-corrected chi connectivity index (χ0v) is 24.0. The van der Waals surface area contributed by atoms with Gasteiger partial charge in [-0.1, -0.05) is 6.07 Å². The molecule has 1 aromatic carbocycles. The highest BCUT2D eigenvalue weighted by Gasteiger charge is 2.40. The van der Waals surface area contributed by atoms with Crippen LogP contribution in [-0.4, -0.2) is 97.6 Å². The number of hydrogen-bond acceptors (Lipinski definition) is 9. The van der Waals surface area contributed by atoms with Crippen LogP contribution >= 0.6 is 0 Å². The van der Waals surface area contributed by atoms with Crippen LogP contribution in [0.3, 0.4) is 0 Å². The molecule has 2 atom stereocenters. The van der Waals surface area contributed by atoms with Crippen LogP contribution < -0.4 is 16.0 Å². The summed E-state index contributed by atoms with van der Waals surface area (Å²) < 4.78 is 21.5. The fourth-order valence-corrected chi connectivity index (χ4v) is 6.00. The number of alkyl halides is 1. The summed E-state index contributed by atoms with van der Waals surface area (Å²) in [7, 11) is 0. The molecule has 2 unspecified atom stereocenters. The van der Waals surface area contributed by atoms with Crippen LogP contribution in [0.2, 0.25) is 0 Å². The number of fused-ring (bicyclic) bond motifs is 2. The SMILES string of the molecule is NC(=O)c1nn(CC(=O)N2CC(F)CC2C(=O)Nc2cnc3[nH]cc(N4CCOCC4)c3c2)c2ccc(-c3ccnnc3)cc12. The third-order valence-corrected chi connectivity index (χ3v) is 8.19. The van der Waals surface area contributed by atoms with Crippen molar-refractivity contribution in [3.63, 3.8) is 0 Å². The zero-order valence-electron chi connectivity index (χ0n) is 24.0. The lowest BCUT2D eigenvalue weighted by Gasteiger charge is -2.28. The lowest BCUT2D eigenvalue weighted by Crippen LogP contribution is -2.44. The van der Waals surface area contributed by atoms with Gasteiger partial charge >= 0.3 is 0 Å². The number of carbonyl (C=O) groups is 3. The second-order valence-corrected chi connectivity index (χ2v) is 11.0. The van der Waals surface area contributed by atoms with E-state index < -0.39 is 29.9 Å². The van der Waals surface area contributed by atoms with E-state index in [1.165, 1.54) is 15.8 Å². The van der Waals surface area contributed by atoms with Crippen LogP contribution in [-0.2, 0) is 20.9 Å². The molecule has 230 valence electrons. The molecule has 2 aliphatic heterocycles. The molecule has 2 aliphatic rings. The van der Waals surface area contributed by atoms with Gasteiger partial charge in [0.2, 0.25) is 11.8 Å². The molecular formula is C30H29FN10O4. The average Bonchev–Trinajstić information content (AvgIpc) is 3.76. The quantitative estimate of drug-likeness (QED) is 0.248. The van der Waals surface area contributed by atoms with E-state index in [-0.39, 0.29) is 25.2 Å². The minimum atomic E-state index is -1.38. The Hall–Kier alpha value is -5.44. The van der Waals surface area contributed by atoms with Crippen molar-refractivity contribution >= 4 is 51.0 Å². The summed E-state index contributed by atoms with van der Waals surface area (Å²) in [6.45, 7) is 2.14. The first kappa shape index (κ1) is 28.3. The maximum atomic E-state index is 14.7. The summed E-state index contributed by atoms with van der Waals surface area (Å²) in [6.07, 6.45) is 5.00. The van der Waals surface area contributed by atoms with Crippen molar-refractivity contribution in [3.05, 3.63) is 60.8 Å². The number of morpholine rings is 1. The summed E-state index contributed by atoms with van der Waals surface area (Å²) in [5.41, 5.74) is 9.67. The molecule has 2 fully saturated rings. The van der Waals surface area contributed by atoms with Gasteiger partial charge in [0.15, 0.2) is 5.69 Å². The van der Waals surface area contributed by atoms with Gasteiger partial charge in [0, 0.05) is 42.0 Å². The number of carbonyl (C=O) groups excluding carboxylic acids is 3. The molecule has 4 N–H and O–H groups in total. The van der Waals surface area contributed by atoms with Gasteiger partial charge in [0.25, 0.3) is 5.91 Å². The Morgan fingerprint density at radius 2 is 1.91 bits per heavy atom. The minimum absolute atomic E-state index is 0.00940. The van der Waals surface area contributed by atoms with Gasteiger partial charge in [-0.05, 0) is 29.8 Å². The van der Waals surface area contributed by atoms with Crippen LogP contribution in [0, 0.1) is 0 Å². The molecule has 45 heavy (non-hydrogen) atoms. The number of amides is 3. The maximum absolute atomic E-state index is 14.7. The van der Waals surface area contributed by atoms with Crippen LogP contribution in [0.25, 0.3) is 33.1 Å². The van der Waals surface area contributed by atoms with Crippen LogP contribution in [0.5, 0.6) is 0 Å². The molecule has 0 bridgehead atoms. The number of rotatable bonds is 7. The number of nitrogens with one attached hydrogen (secondary N) is 2. The highest BCUT2D eigenvalue weighted by atomic mass is 19.1. The predicted octanol–water partition coefficient (Wildman–Crippen LogP) is 1.88. The zero-order chi connectivity index (χ0) is 31.1. The van der Waals surface area contributed by atoms with E-state index in [0.717, 1.165) is 35.3 Å².